The summed E-state index contributed by atoms with van der Waals surface area (Å²) in [6.07, 6.45) is 1.69. The van der Waals surface area contributed by atoms with Gasteiger partial charge in [-0.15, -0.1) is 0 Å². The first-order valence-electron chi connectivity index (χ1n) is 3.51. The molecule has 4 heteroatoms. The molecular weight excluding hydrogens is 142 g/mol. The molecule has 0 saturated carbocycles. The summed E-state index contributed by atoms with van der Waals surface area (Å²) in [5.41, 5.74) is 7.36. The van der Waals surface area contributed by atoms with Crippen molar-refractivity contribution in [2.75, 3.05) is 6.61 Å². The van der Waals surface area contributed by atoms with Crippen LogP contribution in [0.25, 0.3) is 0 Å². The van der Waals surface area contributed by atoms with Gasteiger partial charge in [0, 0.05) is 12.7 Å². The zero-order valence-electron chi connectivity index (χ0n) is 6.78. The quantitative estimate of drug-likeness (QED) is 0.617. The van der Waals surface area contributed by atoms with Crippen LogP contribution >= 0.6 is 0 Å². The van der Waals surface area contributed by atoms with E-state index in [1.807, 2.05) is 18.5 Å². The van der Waals surface area contributed by atoms with Crippen molar-refractivity contribution in [3.63, 3.8) is 0 Å². The molecule has 1 rings (SSSR count). The lowest BCUT2D eigenvalue weighted by Gasteiger charge is -2.05. The minimum Gasteiger partial charge on any atom is -0.394 e. The number of aliphatic hydroxyl groups is 1. The molecule has 0 aliphatic carbocycles. The van der Waals surface area contributed by atoms with Crippen LogP contribution in [0.2, 0.25) is 0 Å². The summed E-state index contributed by atoms with van der Waals surface area (Å²) in [4.78, 5) is 4.06. The van der Waals surface area contributed by atoms with Crippen molar-refractivity contribution in [3.8, 4) is 0 Å². The molecular formula is C7H13N3O. The molecule has 0 aliphatic rings. The number of aliphatic hydroxyl groups excluding tert-OH is 1. The zero-order valence-corrected chi connectivity index (χ0v) is 6.78. The standard InChI is InChI=1S/C7H13N3O/c1-5-7(6(8)3-11)9-4-10(5)2/h4,6,11H,3,8H2,1-2H3. The van der Waals surface area contributed by atoms with Crippen molar-refractivity contribution >= 4 is 0 Å². The van der Waals surface area contributed by atoms with Crippen molar-refractivity contribution in [2.24, 2.45) is 12.8 Å². The third-order valence-corrected chi connectivity index (χ3v) is 1.82. The van der Waals surface area contributed by atoms with E-state index < -0.39 is 0 Å². The molecule has 3 N–H and O–H groups in total. The van der Waals surface area contributed by atoms with Crippen LogP contribution in [0.1, 0.15) is 17.4 Å². The van der Waals surface area contributed by atoms with E-state index in [-0.39, 0.29) is 12.6 Å². The number of rotatable bonds is 2. The smallest absolute Gasteiger partial charge is 0.0949 e. The Morgan fingerprint density at radius 2 is 2.45 bits per heavy atom. The van der Waals surface area contributed by atoms with Crippen LogP contribution < -0.4 is 5.73 Å². The molecule has 0 bridgehead atoms. The lowest BCUT2D eigenvalue weighted by molar-refractivity contribution is 0.265. The van der Waals surface area contributed by atoms with E-state index in [0.717, 1.165) is 11.4 Å². The van der Waals surface area contributed by atoms with Crippen molar-refractivity contribution in [1.82, 2.24) is 9.55 Å². The molecule has 0 fully saturated rings. The fourth-order valence-electron chi connectivity index (χ4n) is 0.960. The first-order chi connectivity index (χ1) is 5.16. The summed E-state index contributed by atoms with van der Waals surface area (Å²) in [7, 11) is 1.90. The SMILES string of the molecule is Cc1c(C(N)CO)ncn1C. The second-order valence-corrected chi connectivity index (χ2v) is 2.62. The molecule has 0 spiro atoms. The topological polar surface area (TPSA) is 64.1 Å². The van der Waals surface area contributed by atoms with Gasteiger partial charge in [-0.2, -0.15) is 0 Å². The first kappa shape index (κ1) is 8.23. The van der Waals surface area contributed by atoms with Gasteiger partial charge in [-0.05, 0) is 6.92 Å². The molecule has 1 atom stereocenters. The minimum absolute atomic E-state index is 0.0577. The molecule has 1 unspecified atom stereocenters. The Bertz CT molecular complexity index is 244. The molecule has 0 amide bonds. The Kier molecular flexibility index (Phi) is 2.26. The van der Waals surface area contributed by atoms with Crippen molar-refractivity contribution in [2.45, 2.75) is 13.0 Å². The van der Waals surface area contributed by atoms with Crippen LogP contribution in [0, 0.1) is 6.92 Å². The number of hydrogen-bond acceptors (Lipinski definition) is 3. The number of aromatic nitrogens is 2. The average Bonchev–Trinajstić information content (AvgIpc) is 2.32. The Morgan fingerprint density at radius 1 is 1.82 bits per heavy atom. The Morgan fingerprint density at radius 3 is 2.82 bits per heavy atom. The van der Waals surface area contributed by atoms with Gasteiger partial charge < -0.3 is 15.4 Å². The predicted molar refractivity (Wildman–Crippen MR) is 42.0 cm³/mol. The highest BCUT2D eigenvalue weighted by Gasteiger charge is 2.10. The van der Waals surface area contributed by atoms with Gasteiger partial charge in [0.05, 0.1) is 24.7 Å². The highest BCUT2D eigenvalue weighted by Crippen LogP contribution is 2.11. The van der Waals surface area contributed by atoms with E-state index in [0.29, 0.717) is 0 Å². The lowest BCUT2D eigenvalue weighted by atomic mass is 10.2. The highest BCUT2D eigenvalue weighted by atomic mass is 16.3. The summed E-state index contributed by atoms with van der Waals surface area (Å²) < 4.78 is 1.88. The van der Waals surface area contributed by atoms with Crippen molar-refractivity contribution in [3.05, 3.63) is 17.7 Å². The number of nitrogens with two attached hydrogens (primary N) is 1. The summed E-state index contributed by atoms with van der Waals surface area (Å²) in [6.45, 7) is 1.87. The van der Waals surface area contributed by atoms with E-state index >= 15 is 0 Å². The molecule has 0 saturated heterocycles. The van der Waals surface area contributed by atoms with Gasteiger partial charge in [0.15, 0.2) is 0 Å². The molecule has 0 aliphatic heterocycles. The predicted octanol–water partition coefficient (Wildman–Crippen LogP) is -0.279. The summed E-state index contributed by atoms with van der Waals surface area (Å²) >= 11 is 0. The molecule has 0 aromatic carbocycles. The van der Waals surface area contributed by atoms with Crippen LogP contribution in [0.15, 0.2) is 6.33 Å². The molecule has 62 valence electrons. The molecule has 11 heavy (non-hydrogen) atoms. The first-order valence-corrected chi connectivity index (χ1v) is 3.51. The number of imidazole rings is 1. The maximum absolute atomic E-state index is 8.75. The fraction of sp³-hybridized carbons (Fsp3) is 0.571. The Labute approximate surface area is 65.7 Å². The molecule has 1 aromatic heterocycles. The van der Waals surface area contributed by atoms with Crippen molar-refractivity contribution in [1.29, 1.82) is 0 Å². The van der Waals surface area contributed by atoms with Gasteiger partial charge in [0.1, 0.15) is 0 Å². The highest BCUT2D eigenvalue weighted by molar-refractivity contribution is 5.14. The van der Waals surface area contributed by atoms with Crippen LogP contribution in [-0.4, -0.2) is 21.3 Å². The van der Waals surface area contributed by atoms with E-state index in [2.05, 4.69) is 4.98 Å². The van der Waals surface area contributed by atoms with E-state index in [1.165, 1.54) is 0 Å². The minimum atomic E-state index is -0.351. The zero-order chi connectivity index (χ0) is 8.43. The normalized spacial score (nSPS) is 13.5. The third-order valence-electron chi connectivity index (χ3n) is 1.82. The van der Waals surface area contributed by atoms with Crippen LogP contribution in [0.4, 0.5) is 0 Å². The number of hydrogen-bond donors (Lipinski definition) is 2. The van der Waals surface area contributed by atoms with Gasteiger partial charge in [-0.25, -0.2) is 4.98 Å². The van der Waals surface area contributed by atoms with E-state index in [4.69, 9.17) is 10.8 Å². The van der Waals surface area contributed by atoms with Crippen LogP contribution in [-0.2, 0) is 7.05 Å². The maximum Gasteiger partial charge on any atom is 0.0949 e. The Balaban J connectivity index is 2.94. The second kappa shape index (κ2) is 3.02. The van der Waals surface area contributed by atoms with Crippen molar-refractivity contribution < 1.29 is 5.11 Å². The van der Waals surface area contributed by atoms with Gasteiger partial charge in [0.2, 0.25) is 0 Å². The van der Waals surface area contributed by atoms with E-state index in [1.54, 1.807) is 6.33 Å². The fourth-order valence-corrected chi connectivity index (χ4v) is 0.960. The van der Waals surface area contributed by atoms with Gasteiger partial charge in [0.25, 0.3) is 0 Å². The molecule has 4 nitrogen and oxygen atoms in total. The third kappa shape index (κ3) is 1.41. The average molecular weight is 155 g/mol. The maximum atomic E-state index is 8.75. The number of nitrogens with zero attached hydrogens (tertiary/aromatic N) is 2. The summed E-state index contributed by atoms with van der Waals surface area (Å²) in [5, 5.41) is 8.75. The van der Waals surface area contributed by atoms with E-state index in [9.17, 15) is 0 Å². The summed E-state index contributed by atoms with van der Waals surface area (Å²) in [6, 6.07) is -0.351. The lowest BCUT2D eigenvalue weighted by Crippen LogP contribution is -2.16. The molecule has 1 aromatic rings. The van der Waals surface area contributed by atoms with Crippen LogP contribution in [0.3, 0.4) is 0 Å². The largest absolute Gasteiger partial charge is 0.394 e. The number of aryl methyl sites for hydroxylation is 1. The van der Waals surface area contributed by atoms with Gasteiger partial charge >= 0.3 is 0 Å². The molecule has 1 heterocycles. The summed E-state index contributed by atoms with van der Waals surface area (Å²) in [5.74, 6) is 0. The van der Waals surface area contributed by atoms with Crippen LogP contribution in [0.5, 0.6) is 0 Å². The van der Waals surface area contributed by atoms with Gasteiger partial charge in [-0.1, -0.05) is 0 Å². The Hall–Kier alpha value is -0.870. The second-order valence-electron chi connectivity index (χ2n) is 2.62. The van der Waals surface area contributed by atoms with Gasteiger partial charge in [-0.3, -0.25) is 0 Å². The monoisotopic (exact) mass is 155 g/mol. The molecule has 0 radical (unpaired) electrons.